The van der Waals surface area contributed by atoms with Gasteiger partial charge in [-0.2, -0.15) is 13.2 Å². The fraction of sp³-hybridized carbons (Fsp3) is 0.386. The average Bonchev–Trinajstić information content (AvgIpc) is 2.75. The number of piperidine rings is 1. The number of ether oxygens (including phenoxy) is 1. The molecule has 4 N–H and O–H groups in total. The van der Waals surface area contributed by atoms with E-state index in [1.165, 1.54) is 36.0 Å². The predicted octanol–water partition coefficient (Wildman–Crippen LogP) is 11.4. The first-order chi connectivity index (χ1) is 39.6. The Bertz CT molecular complexity index is 3600. The molecule has 2 unspecified atom stereocenters. The average molecular weight is 1280 g/mol. The van der Waals surface area contributed by atoms with Crippen molar-refractivity contribution in [1.29, 1.82) is 0 Å². The Labute approximate surface area is 498 Å². The predicted molar refractivity (Wildman–Crippen MR) is 322 cm³/mol. The fourth-order valence-corrected chi connectivity index (χ4v) is 15.7. The number of sulfonamides is 1. The molecule has 3 heterocycles. The number of esters is 1. The molecule has 1 aromatic heterocycles. The van der Waals surface area contributed by atoms with Gasteiger partial charge < -0.3 is 33.8 Å². The summed E-state index contributed by atoms with van der Waals surface area (Å²) in [4.78, 5) is 37.0. The summed E-state index contributed by atoms with van der Waals surface area (Å²) in [5.41, 5.74) is 1.73. The van der Waals surface area contributed by atoms with Crippen LogP contribution in [0.4, 0.5) is 40.3 Å². The zero-order valence-corrected chi connectivity index (χ0v) is 51.3. The molecule has 0 bridgehead atoms. The van der Waals surface area contributed by atoms with E-state index in [4.69, 9.17) is 26.1 Å². The number of hydrogen-bond donors (Lipinski definition) is 4. The minimum Gasteiger partial charge on any atom is -0.465 e. The lowest BCUT2D eigenvalue weighted by molar-refractivity contribution is -0.150. The summed E-state index contributed by atoms with van der Waals surface area (Å²) >= 11 is 4.48. The molecule has 84 heavy (non-hydrogen) atoms. The van der Waals surface area contributed by atoms with Crippen molar-refractivity contribution >= 4 is 90.8 Å². The number of carbonyl (C=O) groups excluding carboxylic acids is 1. The van der Waals surface area contributed by atoms with E-state index >= 15 is 17.6 Å². The highest BCUT2D eigenvalue weighted by molar-refractivity contribution is 7.99. The van der Waals surface area contributed by atoms with Gasteiger partial charge in [0.1, 0.15) is 5.82 Å². The van der Waals surface area contributed by atoms with E-state index < -0.39 is 91.0 Å². The van der Waals surface area contributed by atoms with Crippen molar-refractivity contribution in [2.75, 3.05) is 89.4 Å². The number of rotatable bonds is 23. The van der Waals surface area contributed by atoms with Crippen molar-refractivity contribution in [3.63, 3.8) is 0 Å². The van der Waals surface area contributed by atoms with Crippen molar-refractivity contribution in [3.8, 4) is 22.4 Å². The van der Waals surface area contributed by atoms with Crippen LogP contribution in [0.1, 0.15) is 56.8 Å². The van der Waals surface area contributed by atoms with Gasteiger partial charge >= 0.3 is 19.7 Å². The third-order valence-corrected chi connectivity index (χ3v) is 20.5. The standard InChI is InChI=1S/C57H66ClF4N6O11PS4/c1-38(2)67-39(3)55(83(4,75)76)53(54(67)40-11-13-43(58)14-12-40)42-33-44(59)35-48(34-42)66-29-27-65(28-30-66)46-17-15-45(16-18-46)63-84(77,78)50-19-20-52(51(36-50)57(60,61)62)68(82(73)74)47(37-81-49-9-6-5-7-10-49)23-26-64-24-21-41(22-25-64)56(69)79-31-8-32-80(70,71)72/h5-7,9-20,33-36,38,41,47,63H,8,21-32,37H2,1-4H3,(H,73,74)(H2,70,71,72). The Kier molecular flexibility index (Phi) is 20.8. The van der Waals surface area contributed by atoms with E-state index in [0.717, 1.165) is 27.6 Å². The second-order valence-corrected chi connectivity index (χ2v) is 28.8. The van der Waals surface area contributed by atoms with Crippen molar-refractivity contribution in [2.45, 2.75) is 79.4 Å². The highest BCUT2D eigenvalue weighted by Gasteiger charge is 2.40. The SMILES string of the molecule is Cc1c(S(C)(=O)=O)c(-c2cc(F)cc(N3CCN(c4ccc(NS(=O)(=O)c5ccc(N(C(CCN6CCC(C(=O)OCCCP(=O)(O)O)CC6)CSc6ccccc6)S(=O)O)c(C(F)(F)F)c5)cc4)CC3)c2)c(-c2ccc(Cl)cc2)n1C(C)C. The van der Waals surface area contributed by atoms with Crippen LogP contribution in [0.5, 0.6) is 0 Å². The molecule has 8 rings (SSSR count). The lowest BCUT2D eigenvalue weighted by atomic mass is 9.96. The van der Waals surface area contributed by atoms with Crippen LogP contribution in [-0.2, 0) is 51.4 Å². The molecule has 27 heteroatoms. The van der Waals surface area contributed by atoms with Gasteiger partial charge in [-0.15, -0.1) is 11.8 Å². The fourth-order valence-electron chi connectivity index (χ4n) is 10.8. The first-order valence-corrected chi connectivity index (χ1v) is 34.5. The quantitative estimate of drug-likeness (QED) is 0.0117. The Morgan fingerprint density at radius 3 is 2.08 bits per heavy atom. The van der Waals surface area contributed by atoms with E-state index in [-0.39, 0.29) is 48.4 Å². The van der Waals surface area contributed by atoms with Crippen LogP contribution in [0.2, 0.25) is 5.02 Å². The van der Waals surface area contributed by atoms with Gasteiger partial charge in [-0.05, 0) is 156 Å². The minimum absolute atomic E-state index is 0.000190. The molecule has 0 aliphatic carbocycles. The number of piperazine rings is 1. The molecule has 454 valence electrons. The molecule has 2 atom stereocenters. The summed E-state index contributed by atoms with van der Waals surface area (Å²) in [7, 11) is -12.7. The lowest BCUT2D eigenvalue weighted by Crippen LogP contribution is -2.46. The molecule has 0 saturated carbocycles. The molecule has 2 aliphatic heterocycles. The van der Waals surface area contributed by atoms with Crippen molar-refractivity contribution in [1.82, 2.24) is 9.47 Å². The van der Waals surface area contributed by atoms with E-state index in [0.29, 0.717) is 103 Å². The lowest BCUT2D eigenvalue weighted by Gasteiger charge is -2.37. The zero-order valence-electron chi connectivity index (χ0n) is 46.4. The number of aromatic nitrogens is 1. The largest absolute Gasteiger partial charge is 0.465 e. The smallest absolute Gasteiger partial charge is 0.418 e. The molecule has 6 aromatic rings. The summed E-state index contributed by atoms with van der Waals surface area (Å²) in [6.07, 6.45) is -3.61. The van der Waals surface area contributed by atoms with Gasteiger partial charge in [0.2, 0.25) is 0 Å². The number of hydrogen-bond acceptors (Lipinski definition) is 12. The number of carbonyl (C=O) groups is 1. The van der Waals surface area contributed by atoms with Crippen LogP contribution in [-0.4, -0.2) is 127 Å². The maximum atomic E-state index is 15.8. The van der Waals surface area contributed by atoms with Gasteiger partial charge in [0.15, 0.2) is 9.84 Å². The van der Waals surface area contributed by atoms with Crippen LogP contribution in [0, 0.1) is 18.7 Å². The number of anilines is 4. The minimum atomic E-state index is -5.19. The number of alkyl halides is 3. The van der Waals surface area contributed by atoms with Crippen LogP contribution in [0.15, 0.2) is 130 Å². The molecule has 2 saturated heterocycles. The molecule has 0 spiro atoms. The number of benzene rings is 5. The monoisotopic (exact) mass is 1280 g/mol. The van der Waals surface area contributed by atoms with E-state index in [2.05, 4.69) is 4.72 Å². The number of nitrogens with zero attached hydrogens (tertiary/aromatic N) is 5. The highest BCUT2D eigenvalue weighted by atomic mass is 35.5. The summed E-state index contributed by atoms with van der Waals surface area (Å²) in [6.45, 7) is 8.30. The van der Waals surface area contributed by atoms with E-state index in [9.17, 15) is 35.0 Å². The molecule has 17 nitrogen and oxygen atoms in total. The van der Waals surface area contributed by atoms with Crippen LogP contribution >= 0.6 is 31.0 Å². The van der Waals surface area contributed by atoms with Gasteiger partial charge in [-0.1, -0.05) is 41.9 Å². The Hall–Kier alpha value is -5.47. The van der Waals surface area contributed by atoms with E-state index in [1.54, 1.807) is 79.7 Å². The van der Waals surface area contributed by atoms with Crippen molar-refractivity contribution < 1.29 is 67.0 Å². The Morgan fingerprint density at radius 2 is 1.50 bits per heavy atom. The maximum Gasteiger partial charge on any atom is 0.418 e. The third-order valence-electron chi connectivity index (χ3n) is 14.7. The molecular formula is C57H66ClF4N6O11PS4. The summed E-state index contributed by atoms with van der Waals surface area (Å²) < 4.78 is 162. The number of sulfone groups is 1. The van der Waals surface area contributed by atoms with Gasteiger partial charge in [0.25, 0.3) is 21.3 Å². The van der Waals surface area contributed by atoms with Crippen LogP contribution in [0.3, 0.4) is 0 Å². The second-order valence-electron chi connectivity index (χ2n) is 21.0. The summed E-state index contributed by atoms with van der Waals surface area (Å²) in [6, 6.07) is 27.9. The maximum absolute atomic E-state index is 15.8. The second kappa shape index (κ2) is 27.1. The molecule has 0 amide bonds. The first kappa shape index (κ1) is 64.5. The summed E-state index contributed by atoms with van der Waals surface area (Å²) in [5.74, 6) is -1.47. The normalized spacial score (nSPS) is 15.8. The van der Waals surface area contributed by atoms with Gasteiger partial charge in [0, 0.05) is 89.0 Å². The molecule has 5 aromatic carbocycles. The molecule has 0 radical (unpaired) electrons. The van der Waals surface area contributed by atoms with Crippen molar-refractivity contribution in [3.05, 3.63) is 137 Å². The topological polar surface area (TPSA) is 219 Å². The van der Waals surface area contributed by atoms with E-state index in [1.807, 2.05) is 33.1 Å². The van der Waals surface area contributed by atoms with Gasteiger partial charge in [-0.3, -0.25) is 22.9 Å². The number of thioether (sulfide) groups is 1. The number of halogens is 5. The van der Waals surface area contributed by atoms with Crippen molar-refractivity contribution in [2.24, 2.45) is 5.92 Å². The molecular weight excluding hydrogens is 1220 g/mol. The third kappa shape index (κ3) is 16.1. The Balaban J connectivity index is 0.955. The summed E-state index contributed by atoms with van der Waals surface area (Å²) in [5, 5.41) is 0.499. The first-order valence-electron chi connectivity index (χ1n) is 27.0. The van der Waals surface area contributed by atoms with Crippen LogP contribution < -0.4 is 18.8 Å². The number of likely N-dealkylation sites (tertiary alicyclic amines) is 1. The highest BCUT2D eigenvalue weighted by Crippen LogP contribution is 2.46. The van der Waals surface area contributed by atoms with Gasteiger partial charge in [-0.25, -0.2) is 25.4 Å². The Morgan fingerprint density at radius 1 is 0.869 bits per heavy atom. The van der Waals surface area contributed by atoms with Crippen LogP contribution in [0.25, 0.3) is 22.4 Å². The van der Waals surface area contributed by atoms with Gasteiger partial charge in [0.05, 0.1) is 51.5 Å². The zero-order chi connectivity index (χ0) is 60.9. The molecule has 2 aliphatic rings. The number of nitrogens with one attached hydrogen (secondary N) is 1. The molecule has 2 fully saturated rings.